The van der Waals surface area contributed by atoms with E-state index in [-0.39, 0.29) is 11.6 Å². The Kier molecular flexibility index (Phi) is 9.52. The first-order chi connectivity index (χ1) is 9.27. The Bertz CT molecular complexity index is 259. The first-order valence-electron chi connectivity index (χ1n) is 7.84. The molecule has 1 N–H and O–H groups in total. The summed E-state index contributed by atoms with van der Waals surface area (Å²) in [5.41, 5.74) is 0. The maximum Gasteiger partial charge on any atom is 0.124 e. The van der Waals surface area contributed by atoms with Crippen molar-refractivity contribution in [3.8, 4) is 0 Å². The van der Waals surface area contributed by atoms with Crippen molar-refractivity contribution in [1.82, 2.24) is 4.90 Å². The van der Waals surface area contributed by atoms with Crippen LogP contribution in [0.3, 0.4) is 0 Å². The van der Waals surface area contributed by atoms with Gasteiger partial charge in [0, 0.05) is 13.0 Å². The zero-order valence-electron chi connectivity index (χ0n) is 12.3. The Balaban J connectivity index is 2.03. The number of hydrogen-bond donors (Lipinski definition) is 1. The molecule has 0 amide bonds. The van der Waals surface area contributed by atoms with Gasteiger partial charge in [0.2, 0.25) is 0 Å². The number of aliphatic hydroxyl groups is 1. The third-order valence-corrected chi connectivity index (χ3v) is 4.14. The summed E-state index contributed by atoms with van der Waals surface area (Å²) in [5, 5.41) is 9.03. The van der Waals surface area contributed by atoms with Gasteiger partial charge in [-0.3, -0.25) is 4.99 Å². The minimum Gasteiger partial charge on any atom is -0.395 e. The van der Waals surface area contributed by atoms with Gasteiger partial charge in [0.25, 0.3) is 0 Å². The largest absolute Gasteiger partial charge is 0.395 e. The predicted molar refractivity (Wildman–Crippen MR) is 86.0 cm³/mol. The van der Waals surface area contributed by atoms with Crippen molar-refractivity contribution in [3.05, 3.63) is 0 Å². The van der Waals surface area contributed by atoms with Gasteiger partial charge in [0.05, 0.1) is 13.2 Å². The average Bonchev–Trinajstić information content (AvgIpc) is 2.73. The highest BCUT2D eigenvalue weighted by atomic mass is 79.9. The molecule has 0 bridgehead atoms. The molecule has 0 aromatic carbocycles. The third kappa shape index (κ3) is 7.31. The molecule has 3 nitrogen and oxygen atoms in total. The summed E-state index contributed by atoms with van der Waals surface area (Å²) < 4.78 is 0. The number of hydrogen-bond acceptors (Lipinski definition) is 3. The van der Waals surface area contributed by atoms with Crippen molar-refractivity contribution in [3.63, 3.8) is 0 Å². The van der Waals surface area contributed by atoms with Gasteiger partial charge in [-0.2, -0.15) is 0 Å². The SMILES string of the molecule is CCCCCCCCCCC1=NC(Br)CN1CCO. The number of alkyl halides is 1. The van der Waals surface area contributed by atoms with Gasteiger partial charge in [0.1, 0.15) is 10.8 Å². The van der Waals surface area contributed by atoms with Gasteiger partial charge in [-0.15, -0.1) is 0 Å². The van der Waals surface area contributed by atoms with Crippen LogP contribution < -0.4 is 0 Å². The van der Waals surface area contributed by atoms with Crippen molar-refractivity contribution in [1.29, 1.82) is 0 Å². The molecule has 1 rings (SSSR count). The van der Waals surface area contributed by atoms with Gasteiger partial charge < -0.3 is 10.0 Å². The van der Waals surface area contributed by atoms with Crippen molar-refractivity contribution in [2.75, 3.05) is 19.7 Å². The molecular weight excluding hydrogens is 304 g/mol. The minimum atomic E-state index is 0.218. The quantitative estimate of drug-likeness (QED) is 0.353. The number of rotatable bonds is 11. The van der Waals surface area contributed by atoms with E-state index in [0.717, 1.165) is 19.5 Å². The molecule has 1 atom stereocenters. The number of amidine groups is 1. The highest BCUT2D eigenvalue weighted by Crippen LogP contribution is 2.18. The van der Waals surface area contributed by atoms with E-state index in [9.17, 15) is 0 Å². The van der Waals surface area contributed by atoms with Gasteiger partial charge >= 0.3 is 0 Å². The van der Waals surface area contributed by atoms with Crippen LogP contribution in [-0.2, 0) is 0 Å². The second-order valence-electron chi connectivity index (χ2n) is 5.37. The van der Waals surface area contributed by atoms with E-state index in [0.29, 0.717) is 0 Å². The van der Waals surface area contributed by atoms with Crippen molar-refractivity contribution < 1.29 is 5.11 Å². The molecule has 0 aromatic rings. The fraction of sp³-hybridized carbons (Fsp3) is 0.933. The fourth-order valence-corrected chi connectivity index (χ4v) is 3.14. The average molecular weight is 333 g/mol. The molecule has 1 aliphatic heterocycles. The molecular formula is C15H29BrN2O. The van der Waals surface area contributed by atoms with Crippen LogP contribution in [0.15, 0.2) is 4.99 Å². The Morgan fingerprint density at radius 2 is 1.79 bits per heavy atom. The maximum absolute atomic E-state index is 9.03. The van der Waals surface area contributed by atoms with Crippen LogP contribution in [0, 0.1) is 0 Å². The number of aliphatic hydroxyl groups excluding tert-OH is 1. The molecule has 0 aromatic heterocycles. The van der Waals surface area contributed by atoms with Gasteiger partial charge in [-0.1, -0.05) is 67.8 Å². The summed E-state index contributed by atoms with van der Waals surface area (Å²) in [6.07, 6.45) is 11.9. The molecule has 0 fully saturated rings. The van der Waals surface area contributed by atoms with E-state index in [1.54, 1.807) is 0 Å². The Morgan fingerprint density at radius 1 is 1.16 bits per heavy atom. The first kappa shape index (κ1) is 17.0. The lowest BCUT2D eigenvalue weighted by atomic mass is 10.1. The molecule has 0 aliphatic carbocycles. The predicted octanol–water partition coefficient (Wildman–Crippen LogP) is 3.94. The van der Waals surface area contributed by atoms with Crippen LogP contribution in [0.2, 0.25) is 0 Å². The highest BCUT2D eigenvalue weighted by molar-refractivity contribution is 9.09. The lowest BCUT2D eigenvalue weighted by Gasteiger charge is -2.19. The van der Waals surface area contributed by atoms with Crippen LogP contribution in [0.1, 0.15) is 64.7 Å². The number of halogens is 1. The summed E-state index contributed by atoms with van der Waals surface area (Å²) in [5.74, 6) is 1.18. The van der Waals surface area contributed by atoms with E-state index in [1.165, 1.54) is 57.2 Å². The molecule has 0 spiro atoms. The van der Waals surface area contributed by atoms with Crippen molar-refractivity contribution in [2.45, 2.75) is 69.7 Å². The summed E-state index contributed by atoms with van der Waals surface area (Å²) >= 11 is 3.54. The zero-order chi connectivity index (χ0) is 13.9. The van der Waals surface area contributed by atoms with E-state index in [1.807, 2.05) is 0 Å². The van der Waals surface area contributed by atoms with Gasteiger partial charge in [-0.05, 0) is 6.42 Å². The van der Waals surface area contributed by atoms with Crippen molar-refractivity contribution in [2.24, 2.45) is 4.99 Å². The molecule has 4 heteroatoms. The van der Waals surface area contributed by atoms with Crippen molar-refractivity contribution >= 4 is 21.8 Å². The van der Waals surface area contributed by atoms with E-state index < -0.39 is 0 Å². The molecule has 19 heavy (non-hydrogen) atoms. The van der Waals surface area contributed by atoms with Crippen LogP contribution >= 0.6 is 15.9 Å². The molecule has 0 saturated heterocycles. The van der Waals surface area contributed by atoms with Crippen LogP contribution in [0.5, 0.6) is 0 Å². The normalized spacial score (nSPS) is 19.0. The number of unbranched alkanes of at least 4 members (excludes halogenated alkanes) is 7. The summed E-state index contributed by atoms with van der Waals surface area (Å²) in [6, 6.07) is 0. The lowest BCUT2D eigenvalue weighted by molar-refractivity contribution is 0.254. The van der Waals surface area contributed by atoms with Crippen LogP contribution in [0.4, 0.5) is 0 Å². The lowest BCUT2D eigenvalue weighted by Crippen LogP contribution is -2.31. The smallest absolute Gasteiger partial charge is 0.124 e. The molecule has 1 unspecified atom stereocenters. The number of nitrogens with zero attached hydrogens (tertiary/aromatic N) is 2. The van der Waals surface area contributed by atoms with Gasteiger partial charge in [-0.25, -0.2) is 0 Å². The Morgan fingerprint density at radius 3 is 2.42 bits per heavy atom. The van der Waals surface area contributed by atoms with E-state index >= 15 is 0 Å². The highest BCUT2D eigenvalue weighted by Gasteiger charge is 2.21. The van der Waals surface area contributed by atoms with Gasteiger partial charge in [0.15, 0.2) is 0 Å². The summed E-state index contributed by atoms with van der Waals surface area (Å²) in [7, 11) is 0. The Hall–Kier alpha value is -0.0900. The molecule has 0 radical (unpaired) electrons. The second-order valence-corrected chi connectivity index (χ2v) is 6.43. The summed E-state index contributed by atoms with van der Waals surface area (Å²) in [4.78, 5) is 7.03. The first-order valence-corrected chi connectivity index (χ1v) is 8.76. The molecule has 1 heterocycles. The standard InChI is InChI=1S/C15H29BrN2O/c1-2-3-4-5-6-7-8-9-10-15-17-14(16)13-18(15)11-12-19/h14,19H,2-13H2,1H3. The summed E-state index contributed by atoms with van der Waals surface area (Å²) in [6.45, 7) is 4.11. The number of β-amino-alcohol motifs (C(OH)–C–C–N with tert-alkyl or cyclic N) is 1. The topological polar surface area (TPSA) is 35.8 Å². The van der Waals surface area contributed by atoms with E-state index in [2.05, 4.69) is 32.7 Å². The maximum atomic E-state index is 9.03. The Labute approximate surface area is 126 Å². The number of aliphatic imine (C=N–C) groups is 1. The monoisotopic (exact) mass is 332 g/mol. The van der Waals surface area contributed by atoms with Crippen LogP contribution in [-0.4, -0.2) is 40.5 Å². The molecule has 112 valence electrons. The second kappa shape index (κ2) is 10.7. The fourth-order valence-electron chi connectivity index (χ4n) is 2.55. The zero-order valence-corrected chi connectivity index (χ0v) is 13.9. The molecule has 1 aliphatic rings. The van der Waals surface area contributed by atoms with E-state index in [4.69, 9.17) is 5.11 Å². The molecule has 0 saturated carbocycles. The van der Waals surface area contributed by atoms with Crippen LogP contribution in [0.25, 0.3) is 0 Å². The minimum absolute atomic E-state index is 0.218. The third-order valence-electron chi connectivity index (χ3n) is 3.65.